The molecule has 0 aliphatic carbocycles. The van der Waals surface area contributed by atoms with Crippen molar-refractivity contribution in [1.82, 2.24) is 4.98 Å². The number of rotatable bonds is 6. The number of hydrogen-bond acceptors (Lipinski definition) is 4. The summed E-state index contributed by atoms with van der Waals surface area (Å²) in [6.07, 6.45) is 5.50. The number of hydrogen-bond donors (Lipinski definition) is 1. The minimum atomic E-state index is 0.761. The van der Waals surface area contributed by atoms with Crippen LogP contribution in [0, 0.1) is 0 Å². The molecular weight excluding hydrogens is 244 g/mol. The highest BCUT2D eigenvalue weighted by atomic mass is 32.2. The summed E-state index contributed by atoms with van der Waals surface area (Å²) in [5.41, 5.74) is 1.31. The van der Waals surface area contributed by atoms with Crippen LogP contribution < -0.4 is 5.32 Å². The molecule has 0 amide bonds. The van der Waals surface area contributed by atoms with Gasteiger partial charge in [0.05, 0.1) is 0 Å². The highest BCUT2D eigenvalue weighted by molar-refractivity contribution is 7.99. The molecule has 1 saturated heterocycles. The third-order valence-electron chi connectivity index (χ3n) is 3.03. The van der Waals surface area contributed by atoms with Gasteiger partial charge in [0.1, 0.15) is 5.82 Å². The molecule has 1 aromatic rings. The second-order valence-electron chi connectivity index (χ2n) is 4.60. The van der Waals surface area contributed by atoms with E-state index >= 15 is 0 Å². The van der Waals surface area contributed by atoms with Gasteiger partial charge in [0.25, 0.3) is 0 Å². The lowest BCUT2D eigenvalue weighted by Gasteiger charge is -2.21. The monoisotopic (exact) mass is 266 g/mol. The van der Waals surface area contributed by atoms with Crippen LogP contribution in [0.25, 0.3) is 0 Å². The number of thioether (sulfide) groups is 1. The first-order chi connectivity index (χ1) is 8.88. The minimum Gasteiger partial charge on any atom is -0.381 e. The predicted octanol–water partition coefficient (Wildman–Crippen LogP) is 3.32. The van der Waals surface area contributed by atoms with Gasteiger partial charge in [-0.1, -0.05) is 13.0 Å². The fourth-order valence-corrected chi connectivity index (χ4v) is 3.05. The average Bonchev–Trinajstić information content (AvgIpc) is 2.45. The van der Waals surface area contributed by atoms with Gasteiger partial charge in [0.2, 0.25) is 0 Å². The molecule has 1 aliphatic rings. The molecule has 3 nitrogen and oxygen atoms in total. The van der Waals surface area contributed by atoms with E-state index < -0.39 is 0 Å². The van der Waals surface area contributed by atoms with Crippen LogP contribution in [0.15, 0.2) is 18.3 Å². The molecule has 1 aliphatic heterocycles. The molecule has 18 heavy (non-hydrogen) atoms. The fraction of sp³-hybridized carbons (Fsp3) is 0.643. The Morgan fingerprint density at radius 1 is 1.39 bits per heavy atom. The van der Waals surface area contributed by atoms with E-state index in [-0.39, 0.29) is 0 Å². The molecule has 0 spiro atoms. The SMILES string of the molecule is CCCNc1ccc(CSC2CCOCC2)cn1. The Labute approximate surface area is 114 Å². The van der Waals surface area contributed by atoms with E-state index in [1.54, 1.807) is 0 Å². The van der Waals surface area contributed by atoms with E-state index in [2.05, 4.69) is 29.4 Å². The summed E-state index contributed by atoms with van der Waals surface area (Å²) in [6.45, 7) is 5.00. The van der Waals surface area contributed by atoms with E-state index in [9.17, 15) is 0 Å². The van der Waals surface area contributed by atoms with E-state index in [1.165, 1.54) is 18.4 Å². The Balaban J connectivity index is 1.75. The van der Waals surface area contributed by atoms with Gasteiger partial charge in [-0.15, -0.1) is 0 Å². The predicted molar refractivity (Wildman–Crippen MR) is 78.2 cm³/mol. The van der Waals surface area contributed by atoms with Gasteiger partial charge in [-0.05, 0) is 30.9 Å². The van der Waals surface area contributed by atoms with Crippen LogP contribution in [0.2, 0.25) is 0 Å². The summed E-state index contributed by atoms with van der Waals surface area (Å²) >= 11 is 2.03. The number of nitrogens with one attached hydrogen (secondary N) is 1. The first-order valence-corrected chi connectivity index (χ1v) is 7.81. The minimum absolute atomic E-state index is 0.761. The number of anilines is 1. The van der Waals surface area contributed by atoms with Crippen LogP contribution in [-0.4, -0.2) is 30.0 Å². The van der Waals surface area contributed by atoms with Gasteiger partial charge >= 0.3 is 0 Å². The quantitative estimate of drug-likeness (QED) is 0.856. The van der Waals surface area contributed by atoms with Gasteiger partial charge in [0.15, 0.2) is 0 Å². The summed E-state index contributed by atoms with van der Waals surface area (Å²) in [5, 5.41) is 4.05. The highest BCUT2D eigenvalue weighted by Crippen LogP contribution is 2.25. The van der Waals surface area contributed by atoms with Crippen molar-refractivity contribution in [3.05, 3.63) is 23.9 Å². The van der Waals surface area contributed by atoms with Crippen molar-refractivity contribution in [3.8, 4) is 0 Å². The second kappa shape index (κ2) is 7.64. The first-order valence-electron chi connectivity index (χ1n) is 6.76. The van der Waals surface area contributed by atoms with Gasteiger partial charge in [-0.2, -0.15) is 11.8 Å². The van der Waals surface area contributed by atoms with Crippen LogP contribution in [0.1, 0.15) is 31.7 Å². The fourth-order valence-electron chi connectivity index (χ4n) is 1.92. The van der Waals surface area contributed by atoms with Crippen LogP contribution in [0.3, 0.4) is 0 Å². The van der Waals surface area contributed by atoms with Gasteiger partial charge < -0.3 is 10.1 Å². The molecule has 0 atom stereocenters. The summed E-state index contributed by atoms with van der Waals surface area (Å²) in [5.74, 6) is 2.04. The van der Waals surface area contributed by atoms with Crippen LogP contribution in [0.5, 0.6) is 0 Å². The molecule has 0 radical (unpaired) electrons. The summed E-state index contributed by atoms with van der Waals surface area (Å²) in [7, 11) is 0. The topological polar surface area (TPSA) is 34.1 Å². The lowest BCUT2D eigenvalue weighted by atomic mass is 10.2. The Morgan fingerprint density at radius 3 is 2.89 bits per heavy atom. The highest BCUT2D eigenvalue weighted by Gasteiger charge is 2.13. The van der Waals surface area contributed by atoms with Crippen molar-refractivity contribution >= 4 is 17.6 Å². The summed E-state index contributed by atoms with van der Waals surface area (Å²) < 4.78 is 5.37. The van der Waals surface area contributed by atoms with E-state index in [0.717, 1.165) is 43.0 Å². The van der Waals surface area contributed by atoms with Crippen molar-refractivity contribution in [2.75, 3.05) is 25.1 Å². The molecule has 2 rings (SSSR count). The average molecular weight is 266 g/mol. The number of aromatic nitrogens is 1. The summed E-state index contributed by atoms with van der Waals surface area (Å²) in [6, 6.07) is 4.26. The molecule has 1 aromatic heterocycles. The molecule has 100 valence electrons. The molecule has 0 bridgehead atoms. The summed E-state index contributed by atoms with van der Waals surface area (Å²) in [4.78, 5) is 4.43. The van der Waals surface area contributed by atoms with Crippen LogP contribution in [0.4, 0.5) is 5.82 Å². The lowest BCUT2D eigenvalue weighted by molar-refractivity contribution is 0.1000. The molecule has 0 saturated carbocycles. The van der Waals surface area contributed by atoms with E-state index in [1.807, 2.05) is 18.0 Å². The molecule has 1 N–H and O–H groups in total. The molecular formula is C14H22N2OS. The van der Waals surface area contributed by atoms with Crippen LogP contribution in [-0.2, 0) is 10.5 Å². The number of nitrogens with zero attached hydrogens (tertiary/aromatic N) is 1. The van der Waals surface area contributed by atoms with Crippen molar-refractivity contribution in [3.63, 3.8) is 0 Å². The van der Waals surface area contributed by atoms with Crippen molar-refractivity contribution in [2.24, 2.45) is 0 Å². The second-order valence-corrected chi connectivity index (χ2v) is 5.89. The zero-order chi connectivity index (χ0) is 12.6. The van der Waals surface area contributed by atoms with E-state index in [4.69, 9.17) is 4.74 Å². The van der Waals surface area contributed by atoms with Gasteiger partial charge in [0, 0.05) is 37.0 Å². The van der Waals surface area contributed by atoms with Crippen LogP contribution >= 0.6 is 11.8 Å². The van der Waals surface area contributed by atoms with Gasteiger partial charge in [-0.3, -0.25) is 0 Å². The van der Waals surface area contributed by atoms with E-state index in [0.29, 0.717) is 0 Å². The smallest absolute Gasteiger partial charge is 0.125 e. The molecule has 1 fully saturated rings. The molecule has 2 heterocycles. The third-order valence-corrected chi connectivity index (χ3v) is 4.48. The maximum atomic E-state index is 5.37. The maximum absolute atomic E-state index is 5.37. The van der Waals surface area contributed by atoms with Gasteiger partial charge in [-0.25, -0.2) is 4.98 Å². The van der Waals surface area contributed by atoms with Crippen molar-refractivity contribution in [1.29, 1.82) is 0 Å². The Hall–Kier alpha value is -0.740. The zero-order valence-electron chi connectivity index (χ0n) is 11.0. The molecule has 0 aromatic carbocycles. The molecule has 0 unspecified atom stereocenters. The van der Waals surface area contributed by atoms with Crippen molar-refractivity contribution in [2.45, 2.75) is 37.2 Å². The van der Waals surface area contributed by atoms with Crippen molar-refractivity contribution < 1.29 is 4.74 Å². The third kappa shape index (κ3) is 4.50. The normalized spacial score (nSPS) is 16.7. The Bertz CT molecular complexity index is 336. The largest absolute Gasteiger partial charge is 0.381 e. The maximum Gasteiger partial charge on any atom is 0.125 e. The zero-order valence-corrected chi connectivity index (χ0v) is 11.8. The lowest BCUT2D eigenvalue weighted by Crippen LogP contribution is -2.17. The number of ether oxygens (including phenoxy) is 1. The Kier molecular flexibility index (Phi) is 5.81. The standard InChI is InChI=1S/C14H22N2OS/c1-2-7-15-14-4-3-12(10-16-14)11-18-13-5-8-17-9-6-13/h3-4,10,13H,2,5-9,11H2,1H3,(H,15,16). The first kappa shape index (κ1) is 13.7. The Morgan fingerprint density at radius 2 is 2.22 bits per heavy atom. The molecule has 4 heteroatoms. The number of pyridine rings is 1.